The summed E-state index contributed by atoms with van der Waals surface area (Å²) in [5.74, 6) is -0.832. The maximum absolute atomic E-state index is 13.4. The van der Waals surface area contributed by atoms with Crippen molar-refractivity contribution in [2.45, 2.75) is 58.0 Å². The summed E-state index contributed by atoms with van der Waals surface area (Å²) in [4.78, 5) is 41.8. The summed E-state index contributed by atoms with van der Waals surface area (Å²) in [6, 6.07) is 5.69. The number of benzene rings is 1. The highest BCUT2D eigenvalue weighted by Gasteiger charge is 2.31. The van der Waals surface area contributed by atoms with E-state index in [0.717, 1.165) is 32.1 Å². The molecule has 0 spiro atoms. The third-order valence-electron chi connectivity index (χ3n) is 5.38. The minimum absolute atomic E-state index is 0.00314. The van der Waals surface area contributed by atoms with E-state index in [4.69, 9.17) is 5.73 Å². The maximum Gasteiger partial charge on any atom is 0.330 e. The number of anilines is 2. The molecule has 7 nitrogen and oxygen atoms in total. The van der Waals surface area contributed by atoms with Crippen LogP contribution in [-0.2, 0) is 11.3 Å². The lowest BCUT2D eigenvalue weighted by Gasteiger charge is -2.29. The van der Waals surface area contributed by atoms with Crippen molar-refractivity contribution in [3.05, 3.63) is 62.6 Å². The molecule has 30 heavy (non-hydrogen) atoms. The number of aromatic amines is 1. The summed E-state index contributed by atoms with van der Waals surface area (Å²) < 4.78 is 14.7. The Balaban J connectivity index is 2.03. The monoisotopic (exact) mass is 414 g/mol. The Hall–Kier alpha value is -3.16. The normalized spacial score (nSPS) is 14.5. The van der Waals surface area contributed by atoms with Gasteiger partial charge in [0.2, 0.25) is 0 Å². The number of nitrogens with zero attached hydrogens (tertiary/aromatic N) is 2. The van der Waals surface area contributed by atoms with Gasteiger partial charge in [0.1, 0.15) is 11.6 Å². The van der Waals surface area contributed by atoms with Crippen LogP contribution in [0, 0.1) is 5.82 Å². The summed E-state index contributed by atoms with van der Waals surface area (Å²) >= 11 is 0. The van der Waals surface area contributed by atoms with E-state index in [1.165, 1.54) is 33.8 Å². The molecule has 0 bridgehead atoms. The second-order valence-electron chi connectivity index (χ2n) is 7.53. The largest absolute Gasteiger partial charge is 0.383 e. The van der Waals surface area contributed by atoms with Crippen LogP contribution in [0.2, 0.25) is 0 Å². The average Bonchev–Trinajstić information content (AvgIpc) is 3.23. The molecule has 3 rings (SSSR count). The lowest BCUT2D eigenvalue weighted by molar-refractivity contribution is -0.114. The average molecular weight is 414 g/mol. The lowest BCUT2D eigenvalue weighted by atomic mass is 10.1. The van der Waals surface area contributed by atoms with Gasteiger partial charge < -0.3 is 5.73 Å². The number of rotatable bonds is 7. The molecule has 1 aromatic carbocycles. The van der Waals surface area contributed by atoms with Crippen LogP contribution < -0.4 is 21.9 Å². The van der Waals surface area contributed by atoms with E-state index in [1.807, 2.05) is 6.92 Å². The van der Waals surface area contributed by atoms with Crippen molar-refractivity contribution in [2.75, 3.05) is 10.6 Å². The number of halogens is 1. The minimum atomic E-state index is -0.676. The molecule has 1 heterocycles. The second kappa shape index (κ2) is 9.56. The van der Waals surface area contributed by atoms with Crippen molar-refractivity contribution < 1.29 is 9.18 Å². The second-order valence-corrected chi connectivity index (χ2v) is 7.53. The number of carbonyl (C=O) groups is 1. The number of hydrogen-bond donors (Lipinski definition) is 2. The van der Waals surface area contributed by atoms with Gasteiger partial charge in [-0.3, -0.25) is 24.0 Å². The number of aromatic nitrogens is 2. The smallest absolute Gasteiger partial charge is 0.330 e. The molecule has 2 aromatic rings. The standard InChI is InChI=1S/C22H27FN4O3/c1-2-3-13-26-20(24)19(21(29)25-22(26)30)27(17-9-4-5-10-17)18(28)12-11-15-7-6-8-16(23)14-15/h6-8,11-12,14,17H,2-5,9-10,13,24H2,1H3,(H,25,29,30)/b12-11+. The molecule has 0 unspecified atom stereocenters. The van der Waals surface area contributed by atoms with Crippen LogP contribution in [-0.4, -0.2) is 21.5 Å². The molecule has 1 fully saturated rings. The molecule has 1 amide bonds. The molecule has 0 radical (unpaired) electrons. The van der Waals surface area contributed by atoms with Crippen molar-refractivity contribution in [1.29, 1.82) is 0 Å². The van der Waals surface area contributed by atoms with Gasteiger partial charge >= 0.3 is 5.69 Å². The van der Waals surface area contributed by atoms with E-state index < -0.39 is 23.0 Å². The Morgan fingerprint density at radius 2 is 2.07 bits per heavy atom. The highest BCUT2D eigenvalue weighted by Crippen LogP contribution is 2.29. The Bertz CT molecular complexity index is 1050. The van der Waals surface area contributed by atoms with Crippen molar-refractivity contribution in [3.63, 3.8) is 0 Å². The summed E-state index contributed by atoms with van der Waals surface area (Å²) in [6.45, 7) is 2.34. The van der Waals surface area contributed by atoms with Gasteiger partial charge in [-0.05, 0) is 43.0 Å². The first kappa shape index (κ1) is 21.5. The van der Waals surface area contributed by atoms with Crippen molar-refractivity contribution in [3.8, 4) is 0 Å². The van der Waals surface area contributed by atoms with Gasteiger partial charge in [-0.1, -0.05) is 38.3 Å². The molecule has 1 saturated carbocycles. The van der Waals surface area contributed by atoms with Crippen molar-refractivity contribution >= 4 is 23.5 Å². The zero-order valence-corrected chi connectivity index (χ0v) is 17.1. The lowest BCUT2D eigenvalue weighted by Crippen LogP contribution is -2.45. The van der Waals surface area contributed by atoms with Crippen LogP contribution in [0.3, 0.4) is 0 Å². The number of carbonyl (C=O) groups excluding carboxylic acids is 1. The quantitative estimate of drug-likeness (QED) is 0.680. The molecule has 160 valence electrons. The van der Waals surface area contributed by atoms with E-state index >= 15 is 0 Å². The predicted molar refractivity (Wildman–Crippen MR) is 116 cm³/mol. The zero-order valence-electron chi connectivity index (χ0n) is 17.1. The minimum Gasteiger partial charge on any atom is -0.383 e. The number of hydrogen-bond acceptors (Lipinski definition) is 4. The molecular formula is C22H27FN4O3. The number of unbranched alkanes of at least 4 members (excludes halogenated alkanes) is 1. The topological polar surface area (TPSA) is 101 Å². The maximum atomic E-state index is 13.4. The fraction of sp³-hybridized carbons (Fsp3) is 0.409. The third-order valence-corrected chi connectivity index (χ3v) is 5.38. The molecule has 8 heteroatoms. The highest BCUT2D eigenvalue weighted by atomic mass is 19.1. The van der Waals surface area contributed by atoms with E-state index in [1.54, 1.807) is 12.1 Å². The Kier molecular flexibility index (Phi) is 6.87. The third kappa shape index (κ3) is 4.69. The molecule has 1 aromatic heterocycles. The number of amides is 1. The Morgan fingerprint density at radius 3 is 2.73 bits per heavy atom. The Morgan fingerprint density at radius 1 is 1.33 bits per heavy atom. The first-order chi connectivity index (χ1) is 14.4. The van der Waals surface area contributed by atoms with E-state index in [-0.39, 0.29) is 17.5 Å². The fourth-order valence-corrected chi connectivity index (χ4v) is 3.84. The van der Waals surface area contributed by atoms with E-state index in [0.29, 0.717) is 18.5 Å². The molecule has 0 atom stereocenters. The number of nitrogen functional groups attached to an aromatic ring is 1. The summed E-state index contributed by atoms with van der Waals surface area (Å²) in [6.07, 6.45) is 7.75. The van der Waals surface area contributed by atoms with Crippen LogP contribution in [0.1, 0.15) is 51.0 Å². The predicted octanol–water partition coefficient (Wildman–Crippen LogP) is 3.05. The van der Waals surface area contributed by atoms with Gasteiger partial charge in [-0.15, -0.1) is 0 Å². The summed E-state index contributed by atoms with van der Waals surface area (Å²) in [5, 5.41) is 0. The first-order valence-electron chi connectivity index (χ1n) is 10.3. The summed E-state index contributed by atoms with van der Waals surface area (Å²) in [7, 11) is 0. The van der Waals surface area contributed by atoms with Crippen molar-refractivity contribution in [1.82, 2.24) is 9.55 Å². The fourth-order valence-electron chi connectivity index (χ4n) is 3.84. The highest BCUT2D eigenvalue weighted by molar-refractivity contribution is 6.05. The zero-order chi connectivity index (χ0) is 21.7. The van der Waals surface area contributed by atoms with Crippen LogP contribution in [0.5, 0.6) is 0 Å². The molecule has 1 aliphatic rings. The molecule has 1 aliphatic carbocycles. The van der Waals surface area contributed by atoms with Gasteiger partial charge in [0.25, 0.3) is 11.5 Å². The van der Waals surface area contributed by atoms with Crippen LogP contribution >= 0.6 is 0 Å². The molecular weight excluding hydrogens is 387 g/mol. The van der Waals surface area contributed by atoms with Gasteiger partial charge in [0, 0.05) is 18.7 Å². The summed E-state index contributed by atoms with van der Waals surface area (Å²) in [5.41, 5.74) is 5.52. The molecule has 0 saturated heterocycles. The van der Waals surface area contributed by atoms with Gasteiger partial charge in [0.05, 0.1) is 0 Å². The van der Waals surface area contributed by atoms with E-state index in [9.17, 15) is 18.8 Å². The van der Waals surface area contributed by atoms with Crippen LogP contribution in [0.4, 0.5) is 15.9 Å². The number of nitrogens with one attached hydrogen (secondary N) is 1. The SMILES string of the molecule is CCCCn1c(N)c(N(C(=O)/C=C/c2cccc(F)c2)C2CCCC2)c(=O)[nH]c1=O. The first-order valence-corrected chi connectivity index (χ1v) is 10.3. The Labute approximate surface area is 174 Å². The van der Waals surface area contributed by atoms with Crippen LogP contribution in [0.25, 0.3) is 6.08 Å². The molecule has 0 aliphatic heterocycles. The van der Waals surface area contributed by atoms with Gasteiger partial charge in [-0.25, -0.2) is 9.18 Å². The van der Waals surface area contributed by atoms with Gasteiger partial charge in [-0.2, -0.15) is 0 Å². The van der Waals surface area contributed by atoms with E-state index in [2.05, 4.69) is 4.98 Å². The van der Waals surface area contributed by atoms with Gasteiger partial charge in [0.15, 0.2) is 5.69 Å². The number of H-pyrrole nitrogens is 1. The molecule has 3 N–H and O–H groups in total. The van der Waals surface area contributed by atoms with Crippen molar-refractivity contribution in [2.24, 2.45) is 0 Å². The van der Waals surface area contributed by atoms with Crippen LogP contribution in [0.15, 0.2) is 39.9 Å². The number of nitrogens with two attached hydrogens (primary N) is 1.